The smallest absolute Gasteiger partial charge is 0.121 e. The number of rotatable bonds is 3. The Balaban J connectivity index is 3.89. The van der Waals surface area contributed by atoms with Crippen molar-refractivity contribution >= 4 is 12.6 Å². The van der Waals surface area contributed by atoms with Gasteiger partial charge < -0.3 is 0 Å². The average molecular weight is 137 g/mol. The van der Waals surface area contributed by atoms with Crippen LogP contribution in [0.3, 0.4) is 0 Å². The molecule has 0 saturated carbocycles. The zero-order valence-corrected chi connectivity index (χ0v) is 5.60. The van der Waals surface area contributed by atoms with E-state index in [-0.39, 0.29) is 5.82 Å². The lowest BCUT2D eigenvalue weighted by molar-refractivity contribution is 1.23. The molecule has 0 fully saturated rings. The highest BCUT2D eigenvalue weighted by Crippen LogP contribution is 1.91. The van der Waals surface area contributed by atoms with Crippen LogP contribution in [0, 0.1) is 0 Å². The number of aliphatic imine (C=N–C) groups is 2. The lowest BCUT2D eigenvalue weighted by Gasteiger charge is -1.80. The summed E-state index contributed by atoms with van der Waals surface area (Å²) >= 11 is 0. The van der Waals surface area contributed by atoms with E-state index in [0.717, 1.165) is 0 Å². The zero-order chi connectivity index (χ0) is 7.82. The number of azide groups is 1. The molecule has 0 atom stereocenters. The van der Waals surface area contributed by atoms with E-state index in [1.165, 1.54) is 6.34 Å². The first kappa shape index (κ1) is 8.39. The van der Waals surface area contributed by atoms with E-state index in [1.54, 1.807) is 13.1 Å². The van der Waals surface area contributed by atoms with Gasteiger partial charge >= 0.3 is 0 Å². The highest BCUT2D eigenvalue weighted by molar-refractivity contribution is 5.70. The molecule has 0 aliphatic carbocycles. The molecule has 0 saturated heterocycles. The van der Waals surface area contributed by atoms with Crippen LogP contribution >= 0.6 is 0 Å². The lowest BCUT2D eigenvalue weighted by Crippen LogP contribution is -1.68. The summed E-state index contributed by atoms with van der Waals surface area (Å²) in [7, 11) is 0. The molecule has 0 rings (SSSR count). The molecule has 0 aliphatic rings. The molecule has 5 nitrogen and oxygen atoms in total. The fourth-order valence-corrected chi connectivity index (χ4v) is 0.244. The highest BCUT2D eigenvalue weighted by Gasteiger charge is 1.76. The summed E-state index contributed by atoms with van der Waals surface area (Å²) < 4.78 is 0. The molecule has 0 heterocycles. The monoisotopic (exact) mass is 137 g/mol. The Kier molecular flexibility index (Phi) is 4.64. The minimum Gasteiger partial charge on any atom is -0.250 e. The zero-order valence-electron chi connectivity index (χ0n) is 5.60. The minimum absolute atomic E-state index is 0.105. The van der Waals surface area contributed by atoms with Gasteiger partial charge in [0.25, 0.3) is 0 Å². The van der Waals surface area contributed by atoms with E-state index in [9.17, 15) is 0 Å². The van der Waals surface area contributed by atoms with Crippen molar-refractivity contribution in [2.24, 2.45) is 15.1 Å². The summed E-state index contributed by atoms with van der Waals surface area (Å²) in [6.07, 6.45) is 2.82. The van der Waals surface area contributed by atoms with E-state index in [4.69, 9.17) is 5.53 Å². The maximum atomic E-state index is 7.88. The number of hydrogen-bond donors (Lipinski definition) is 0. The highest BCUT2D eigenvalue weighted by atomic mass is 15.2. The Bertz CT molecular complexity index is 208. The van der Waals surface area contributed by atoms with E-state index < -0.39 is 0 Å². The topological polar surface area (TPSA) is 73.5 Å². The van der Waals surface area contributed by atoms with Crippen LogP contribution in [0.25, 0.3) is 10.4 Å². The van der Waals surface area contributed by atoms with Gasteiger partial charge in [0.1, 0.15) is 12.2 Å². The third-order valence-corrected chi connectivity index (χ3v) is 0.583. The summed E-state index contributed by atoms with van der Waals surface area (Å²) in [5, 5.41) is 3.11. The molecule has 0 N–H and O–H groups in total. The Morgan fingerprint density at radius 1 is 1.70 bits per heavy atom. The van der Waals surface area contributed by atoms with Crippen molar-refractivity contribution in [3.63, 3.8) is 0 Å². The summed E-state index contributed by atoms with van der Waals surface area (Å²) in [4.78, 5) is 9.67. The second kappa shape index (κ2) is 5.53. The molecule has 52 valence electrons. The van der Waals surface area contributed by atoms with Gasteiger partial charge in [-0.25, -0.2) is 9.98 Å². The molecule has 0 aromatic rings. The van der Waals surface area contributed by atoms with Gasteiger partial charge in [-0.1, -0.05) is 6.58 Å². The second-order valence-electron chi connectivity index (χ2n) is 1.26. The van der Waals surface area contributed by atoms with Crippen molar-refractivity contribution in [3.05, 3.63) is 22.8 Å². The van der Waals surface area contributed by atoms with Gasteiger partial charge in [0.15, 0.2) is 0 Å². The minimum atomic E-state index is 0.105. The summed E-state index contributed by atoms with van der Waals surface area (Å²) in [5.41, 5.74) is 7.88. The molecule has 5 heteroatoms. The third-order valence-electron chi connectivity index (χ3n) is 0.583. The molecule has 0 aliphatic heterocycles. The van der Waals surface area contributed by atoms with Crippen molar-refractivity contribution < 1.29 is 0 Å². The van der Waals surface area contributed by atoms with Crippen LogP contribution in [0.4, 0.5) is 0 Å². The van der Waals surface area contributed by atoms with Gasteiger partial charge in [-0.3, -0.25) is 0 Å². The first-order chi connectivity index (χ1) is 4.81. The molecule has 0 aromatic heterocycles. The molecular formula is C5H7N5. The summed E-state index contributed by atoms with van der Waals surface area (Å²) in [6.45, 7) is 5.08. The van der Waals surface area contributed by atoms with Gasteiger partial charge in [-0.15, -0.1) is 0 Å². The Morgan fingerprint density at radius 2 is 2.40 bits per heavy atom. The lowest BCUT2D eigenvalue weighted by atomic mass is 10.8. The normalized spacial score (nSPS) is 10.1. The molecule has 0 aromatic carbocycles. The van der Waals surface area contributed by atoms with Crippen molar-refractivity contribution in [2.45, 2.75) is 6.92 Å². The molecule has 0 unspecified atom stereocenters. The van der Waals surface area contributed by atoms with Gasteiger partial charge in [0.2, 0.25) is 0 Å². The van der Waals surface area contributed by atoms with Crippen LogP contribution < -0.4 is 0 Å². The maximum absolute atomic E-state index is 7.88. The van der Waals surface area contributed by atoms with Crippen LogP contribution in [-0.4, -0.2) is 12.6 Å². The fourth-order valence-electron chi connectivity index (χ4n) is 0.244. The molecule has 10 heavy (non-hydrogen) atoms. The number of nitrogens with zero attached hydrogens (tertiary/aromatic N) is 5. The van der Waals surface area contributed by atoms with Crippen molar-refractivity contribution in [1.82, 2.24) is 0 Å². The molecule has 0 bridgehead atoms. The molecule has 0 amide bonds. The first-order valence-electron chi connectivity index (χ1n) is 2.55. The van der Waals surface area contributed by atoms with Crippen LogP contribution in [0.5, 0.6) is 0 Å². The van der Waals surface area contributed by atoms with Crippen LogP contribution in [0.15, 0.2) is 27.5 Å². The van der Waals surface area contributed by atoms with Crippen molar-refractivity contribution in [2.75, 3.05) is 0 Å². The molecular weight excluding hydrogens is 130 g/mol. The van der Waals surface area contributed by atoms with E-state index >= 15 is 0 Å². The van der Waals surface area contributed by atoms with Crippen molar-refractivity contribution in [1.29, 1.82) is 0 Å². The largest absolute Gasteiger partial charge is 0.250 e. The van der Waals surface area contributed by atoms with Crippen LogP contribution in [0.1, 0.15) is 6.92 Å². The molecule has 0 spiro atoms. The standard InChI is InChI=1S/C5H7N5/c1-3-7-4-8-5(2)9-10-6/h3-4H,2H2,1H3/b7-3-,8-4-. The predicted octanol–water partition coefficient (Wildman–Crippen LogP) is 1.89. The summed E-state index contributed by atoms with van der Waals surface area (Å²) in [5.74, 6) is 0.105. The van der Waals surface area contributed by atoms with Gasteiger partial charge in [0.05, 0.1) is 0 Å². The maximum Gasteiger partial charge on any atom is 0.121 e. The van der Waals surface area contributed by atoms with Gasteiger partial charge in [-0.2, -0.15) is 0 Å². The number of hydrogen-bond acceptors (Lipinski definition) is 2. The van der Waals surface area contributed by atoms with E-state index in [2.05, 4.69) is 26.6 Å². The van der Waals surface area contributed by atoms with E-state index in [1.807, 2.05) is 0 Å². The molecule has 0 radical (unpaired) electrons. The van der Waals surface area contributed by atoms with Gasteiger partial charge in [-0.05, 0) is 17.6 Å². The first-order valence-corrected chi connectivity index (χ1v) is 2.55. The van der Waals surface area contributed by atoms with Gasteiger partial charge in [0, 0.05) is 11.1 Å². The summed E-state index contributed by atoms with van der Waals surface area (Å²) in [6, 6.07) is 0. The fraction of sp³-hybridized carbons (Fsp3) is 0.200. The van der Waals surface area contributed by atoms with Crippen LogP contribution in [0.2, 0.25) is 0 Å². The predicted molar refractivity (Wildman–Crippen MR) is 40.9 cm³/mol. The SMILES string of the molecule is C=C(N=[N+]=[N-])/N=C\N=C/C. The quantitative estimate of drug-likeness (QED) is 0.187. The van der Waals surface area contributed by atoms with Crippen molar-refractivity contribution in [3.8, 4) is 0 Å². The average Bonchev–Trinajstić information content (AvgIpc) is 1.89. The Labute approximate surface area is 58.4 Å². The van der Waals surface area contributed by atoms with Crippen LogP contribution in [-0.2, 0) is 0 Å². The third kappa shape index (κ3) is 4.55. The Morgan fingerprint density at radius 3 is 2.90 bits per heavy atom. The Hall–Kier alpha value is -1.61. The second-order valence-corrected chi connectivity index (χ2v) is 1.26. The van der Waals surface area contributed by atoms with E-state index in [0.29, 0.717) is 0 Å².